The minimum Gasteiger partial charge on any atom is -0.480 e. The smallest absolute Gasteiger partial charge is 0.472 e. The molecule has 1 aliphatic rings. The lowest BCUT2D eigenvalue weighted by Crippen LogP contribution is -2.44. The van der Waals surface area contributed by atoms with Gasteiger partial charge in [-0.2, -0.15) is 0 Å². The number of likely N-dealkylation sites (N-methyl/N-ethyl adjacent to an activating group) is 3. The second-order valence-electron chi connectivity index (χ2n) is 10.9. The number of carboxylic acids is 1. The Kier molecular flexibility index (Phi) is 11.7. The van der Waals surface area contributed by atoms with Crippen LogP contribution in [0.25, 0.3) is 0 Å². The van der Waals surface area contributed by atoms with Crippen LogP contribution in [0.2, 0.25) is 0 Å². The van der Waals surface area contributed by atoms with Crippen LogP contribution in [-0.4, -0.2) is 104 Å². The van der Waals surface area contributed by atoms with Gasteiger partial charge in [0.15, 0.2) is 0 Å². The number of hydrogen-bond donors (Lipinski definition) is 2. The molecule has 0 saturated heterocycles. The van der Waals surface area contributed by atoms with E-state index in [1.807, 2.05) is 38.2 Å². The summed E-state index contributed by atoms with van der Waals surface area (Å²) in [5, 5.41) is 8.92. The summed E-state index contributed by atoms with van der Waals surface area (Å²) in [6.45, 7) is 1.88. The van der Waals surface area contributed by atoms with Gasteiger partial charge in [-0.15, -0.1) is 0 Å². The van der Waals surface area contributed by atoms with Crippen LogP contribution in [0, 0.1) is 0 Å². The molecule has 0 amide bonds. The number of phosphoric ester groups is 1. The van der Waals surface area contributed by atoms with Gasteiger partial charge in [0.25, 0.3) is 0 Å². The molecule has 1 fully saturated rings. The lowest BCUT2D eigenvalue weighted by Gasteiger charge is -2.41. The molecule has 3 rings (SSSR count). The maximum Gasteiger partial charge on any atom is 0.472 e. The first kappa shape index (κ1) is 31.4. The van der Waals surface area contributed by atoms with E-state index in [4.69, 9.17) is 14.2 Å². The molecule has 0 bridgehead atoms. The number of hydrogen-bond acceptors (Lipinski definition) is 7. The van der Waals surface area contributed by atoms with E-state index < -0.39 is 13.8 Å². The van der Waals surface area contributed by atoms with Gasteiger partial charge in [-0.25, -0.2) is 4.57 Å². The van der Waals surface area contributed by atoms with Crippen LogP contribution in [-0.2, 0) is 23.8 Å². The molecular weight excluding hydrogens is 517 g/mol. The summed E-state index contributed by atoms with van der Waals surface area (Å²) < 4.78 is 24.1. The van der Waals surface area contributed by atoms with Crippen LogP contribution >= 0.6 is 7.82 Å². The molecule has 9 nitrogen and oxygen atoms in total. The molecule has 2 aromatic rings. The van der Waals surface area contributed by atoms with E-state index >= 15 is 0 Å². The molecular formula is C29H44N3O6P. The van der Waals surface area contributed by atoms with Crippen molar-refractivity contribution in [2.24, 2.45) is 0 Å². The van der Waals surface area contributed by atoms with E-state index in [9.17, 15) is 14.3 Å². The molecule has 0 radical (unpaired) electrons. The average Bonchev–Trinajstić information content (AvgIpc) is 2.90. The van der Waals surface area contributed by atoms with Gasteiger partial charge < -0.3 is 19.8 Å². The van der Waals surface area contributed by atoms with Crippen LogP contribution < -0.4 is 0 Å². The fourth-order valence-electron chi connectivity index (χ4n) is 5.31. The summed E-state index contributed by atoms with van der Waals surface area (Å²) in [5.41, 5.74) is 2.36. The number of rotatable bonds is 15. The summed E-state index contributed by atoms with van der Waals surface area (Å²) in [6.07, 6.45) is 2.58. The summed E-state index contributed by atoms with van der Waals surface area (Å²) in [4.78, 5) is 27.2. The van der Waals surface area contributed by atoms with Gasteiger partial charge >= 0.3 is 13.8 Å². The highest BCUT2D eigenvalue weighted by Crippen LogP contribution is 2.51. The van der Waals surface area contributed by atoms with E-state index in [1.165, 1.54) is 11.1 Å². The highest BCUT2D eigenvalue weighted by atomic mass is 31.2. The van der Waals surface area contributed by atoms with Gasteiger partial charge in [-0.3, -0.25) is 18.7 Å². The van der Waals surface area contributed by atoms with Crippen LogP contribution in [0.4, 0.5) is 0 Å². The zero-order valence-corrected chi connectivity index (χ0v) is 24.5. The average molecular weight is 562 g/mol. The molecule has 216 valence electrons. The second kappa shape index (κ2) is 14.5. The van der Waals surface area contributed by atoms with Gasteiger partial charge in [-0.05, 0) is 65.0 Å². The zero-order valence-electron chi connectivity index (χ0n) is 23.6. The Balaban J connectivity index is 1.54. The summed E-state index contributed by atoms with van der Waals surface area (Å²) in [6, 6.07) is 20.8. The summed E-state index contributed by atoms with van der Waals surface area (Å²) in [7, 11) is 3.25. The number of carboxylic acid groups (broad SMARTS) is 1. The number of benzene rings is 2. The second-order valence-corrected chi connectivity index (χ2v) is 12.3. The molecule has 2 N–H and O–H groups in total. The third-order valence-electron chi connectivity index (χ3n) is 7.67. The molecule has 10 heteroatoms. The van der Waals surface area contributed by atoms with Crippen molar-refractivity contribution in [2.45, 2.75) is 43.2 Å². The Morgan fingerprint density at radius 2 is 1.46 bits per heavy atom. The fourth-order valence-corrected chi connectivity index (χ4v) is 6.32. The van der Waals surface area contributed by atoms with Crippen molar-refractivity contribution >= 4 is 13.8 Å². The minimum absolute atomic E-state index is 0.0158. The molecule has 0 spiro atoms. The Morgan fingerprint density at radius 3 is 1.95 bits per heavy atom. The fraction of sp³-hybridized carbons (Fsp3) is 0.552. The van der Waals surface area contributed by atoms with Gasteiger partial charge in [0.2, 0.25) is 0 Å². The first-order chi connectivity index (χ1) is 18.5. The van der Waals surface area contributed by atoms with Gasteiger partial charge in [-0.1, -0.05) is 60.7 Å². The highest BCUT2D eigenvalue weighted by molar-refractivity contribution is 7.47. The molecule has 2 atom stereocenters. The third-order valence-corrected chi connectivity index (χ3v) is 8.71. The third kappa shape index (κ3) is 9.50. The Bertz CT molecular complexity index is 1020. The normalized spacial score (nSPS) is 18.4. The van der Waals surface area contributed by atoms with Crippen LogP contribution in [0.5, 0.6) is 0 Å². The maximum absolute atomic E-state index is 12.9. The van der Waals surface area contributed by atoms with Crippen LogP contribution in [0.3, 0.4) is 0 Å². The first-order valence-corrected chi connectivity index (χ1v) is 15.0. The van der Waals surface area contributed by atoms with Crippen molar-refractivity contribution in [3.05, 3.63) is 71.8 Å². The van der Waals surface area contributed by atoms with Gasteiger partial charge in [0.1, 0.15) is 0 Å². The van der Waals surface area contributed by atoms with Crippen LogP contribution in [0.15, 0.2) is 60.7 Å². The predicted molar refractivity (Wildman–Crippen MR) is 153 cm³/mol. The number of aliphatic carboxylic acids is 1. The Hall–Kier alpha value is -2.10. The standard InChI is InChI=1S/C29H44N3O6P/c1-30(2)26(21-31(3)19-20-32(4)22-28(33)34)23-37-39(35,36)38-27-15-17-29(18-16-27,24-11-7-5-8-12-24)25-13-9-6-10-14-25/h5-14,26-27H,15-23H2,1-4H3,(H,33,34)(H,35,36). The maximum atomic E-state index is 12.9. The zero-order chi connectivity index (χ0) is 28.5. The van der Waals surface area contributed by atoms with Crippen molar-refractivity contribution in [1.29, 1.82) is 0 Å². The number of carbonyl (C=O) groups is 1. The molecule has 0 aliphatic heterocycles. The molecule has 2 aromatic carbocycles. The molecule has 1 aliphatic carbocycles. The monoisotopic (exact) mass is 561 g/mol. The molecule has 0 heterocycles. The van der Waals surface area contributed by atoms with Gasteiger partial charge in [0, 0.05) is 31.1 Å². The topological polar surface area (TPSA) is 103 Å². The molecule has 2 unspecified atom stereocenters. The predicted octanol–water partition coefficient (Wildman–Crippen LogP) is 3.93. The van der Waals surface area contributed by atoms with Crippen molar-refractivity contribution in [3.63, 3.8) is 0 Å². The summed E-state index contributed by atoms with van der Waals surface area (Å²) >= 11 is 0. The largest absolute Gasteiger partial charge is 0.480 e. The van der Waals surface area contributed by atoms with Gasteiger partial charge in [0.05, 0.1) is 19.3 Å². The van der Waals surface area contributed by atoms with E-state index in [1.54, 1.807) is 11.9 Å². The van der Waals surface area contributed by atoms with E-state index in [0.29, 0.717) is 32.5 Å². The lowest BCUT2D eigenvalue weighted by molar-refractivity contribution is -0.138. The quantitative estimate of drug-likeness (QED) is 0.313. The highest BCUT2D eigenvalue weighted by Gasteiger charge is 2.40. The summed E-state index contributed by atoms with van der Waals surface area (Å²) in [5.74, 6) is -0.859. The number of phosphoric acid groups is 1. The Morgan fingerprint density at radius 1 is 0.949 bits per heavy atom. The molecule has 0 aromatic heterocycles. The van der Waals surface area contributed by atoms with E-state index in [0.717, 1.165) is 12.8 Å². The van der Waals surface area contributed by atoms with Crippen molar-refractivity contribution in [3.8, 4) is 0 Å². The molecule has 39 heavy (non-hydrogen) atoms. The van der Waals surface area contributed by atoms with Crippen molar-refractivity contribution in [2.75, 3.05) is 61.0 Å². The minimum atomic E-state index is -4.25. The van der Waals surface area contributed by atoms with Crippen molar-refractivity contribution < 1.29 is 28.4 Å². The molecule has 1 saturated carbocycles. The van der Waals surface area contributed by atoms with E-state index in [2.05, 4.69) is 53.4 Å². The first-order valence-electron chi connectivity index (χ1n) is 13.5. The number of nitrogens with zero attached hydrogens (tertiary/aromatic N) is 3. The lowest BCUT2D eigenvalue weighted by atomic mass is 9.65. The van der Waals surface area contributed by atoms with Crippen LogP contribution in [0.1, 0.15) is 36.8 Å². The van der Waals surface area contributed by atoms with E-state index in [-0.39, 0.29) is 30.7 Å². The van der Waals surface area contributed by atoms with Crippen molar-refractivity contribution in [1.82, 2.24) is 14.7 Å². The SMILES string of the molecule is CN(CCN(C)CC(COP(=O)(O)OC1CCC(c2ccccc2)(c2ccccc2)CC1)N(C)C)CC(=O)O. The Labute approximate surface area is 232 Å².